The van der Waals surface area contributed by atoms with Crippen molar-refractivity contribution >= 4 is 45.8 Å². The lowest BCUT2D eigenvalue weighted by molar-refractivity contribution is -0.154. The highest BCUT2D eigenvalue weighted by molar-refractivity contribution is 6.15. The van der Waals surface area contributed by atoms with Gasteiger partial charge in [0.05, 0.1) is 12.7 Å². The van der Waals surface area contributed by atoms with E-state index < -0.39 is 11.9 Å². The molecule has 1 unspecified atom stereocenters. The Labute approximate surface area is 193 Å². The van der Waals surface area contributed by atoms with Crippen molar-refractivity contribution in [3.63, 3.8) is 0 Å². The Balaban J connectivity index is 1.68. The van der Waals surface area contributed by atoms with Gasteiger partial charge in [-0.2, -0.15) is 0 Å². The van der Waals surface area contributed by atoms with Gasteiger partial charge in [0.25, 0.3) is 0 Å². The maximum absolute atomic E-state index is 12.9. The molecular weight excluding hydrogens is 414 g/mol. The third kappa shape index (κ3) is 5.10. The van der Waals surface area contributed by atoms with Crippen LogP contribution in [0.4, 0.5) is 0 Å². The minimum atomic E-state index is -0.688. The summed E-state index contributed by atoms with van der Waals surface area (Å²) in [6.07, 6.45) is 5.67. The van der Waals surface area contributed by atoms with Crippen molar-refractivity contribution in [2.24, 2.45) is 0 Å². The first-order chi connectivity index (χ1) is 16.0. The van der Waals surface area contributed by atoms with E-state index in [1.54, 1.807) is 6.08 Å². The molecule has 0 radical (unpaired) electrons. The lowest BCUT2D eigenvalue weighted by Crippen LogP contribution is -2.16. The van der Waals surface area contributed by atoms with E-state index in [2.05, 4.69) is 12.6 Å². The second-order valence-electron chi connectivity index (χ2n) is 8.30. The molecule has 33 heavy (non-hydrogen) atoms. The average molecular weight is 442 g/mol. The highest BCUT2D eigenvalue weighted by atomic mass is 16.6. The number of rotatable bonds is 9. The van der Waals surface area contributed by atoms with Gasteiger partial charge in [-0.25, -0.2) is 9.59 Å². The molecule has 5 nitrogen and oxygen atoms in total. The lowest BCUT2D eigenvalue weighted by atomic mass is 9.93. The van der Waals surface area contributed by atoms with Gasteiger partial charge in [-0.15, -0.1) is 0 Å². The molecule has 0 amide bonds. The highest BCUT2D eigenvalue weighted by Gasteiger charge is 2.24. The first-order valence-electron chi connectivity index (χ1n) is 11.2. The molecule has 168 valence electrons. The number of hydrogen-bond donors (Lipinski definition) is 1. The molecule has 0 bridgehead atoms. The predicted molar refractivity (Wildman–Crippen MR) is 131 cm³/mol. The number of carbonyl (C=O) groups excluding carboxylic acids is 2. The van der Waals surface area contributed by atoms with Gasteiger partial charge in [0.1, 0.15) is 0 Å². The van der Waals surface area contributed by atoms with Gasteiger partial charge in [0.15, 0.2) is 0 Å². The van der Waals surface area contributed by atoms with E-state index in [1.807, 2.05) is 49.4 Å². The first kappa shape index (κ1) is 22.6. The Hall–Kier alpha value is -3.57. The summed E-state index contributed by atoms with van der Waals surface area (Å²) in [5.74, 6) is -1.34. The van der Waals surface area contributed by atoms with Gasteiger partial charge in [0.2, 0.25) is 0 Å². The molecular formula is C28H27NO4. The molecule has 1 aliphatic heterocycles. The number of ether oxygens (including phenoxy) is 2. The molecule has 1 N–H and O–H groups in total. The molecule has 1 fully saturated rings. The molecule has 1 saturated heterocycles. The third-order valence-corrected chi connectivity index (χ3v) is 5.86. The van der Waals surface area contributed by atoms with Gasteiger partial charge in [-0.1, -0.05) is 62.4 Å². The topological polar surface area (TPSA) is 79.8 Å². The van der Waals surface area contributed by atoms with Crippen molar-refractivity contribution < 1.29 is 19.1 Å². The molecule has 5 heteroatoms. The summed E-state index contributed by atoms with van der Waals surface area (Å²) in [4.78, 5) is 25.3. The summed E-state index contributed by atoms with van der Waals surface area (Å²) < 4.78 is 10.3. The second-order valence-corrected chi connectivity index (χ2v) is 8.30. The number of esters is 2. The van der Waals surface area contributed by atoms with E-state index >= 15 is 0 Å². The third-order valence-electron chi connectivity index (χ3n) is 5.86. The molecule has 0 saturated carbocycles. The molecule has 3 aromatic rings. The monoisotopic (exact) mass is 441 g/mol. The van der Waals surface area contributed by atoms with Gasteiger partial charge in [-0.3, -0.25) is 0 Å². The average Bonchev–Trinajstić information content (AvgIpc) is 3.65. The van der Waals surface area contributed by atoms with Crippen molar-refractivity contribution in [2.45, 2.75) is 38.7 Å². The van der Waals surface area contributed by atoms with E-state index in [4.69, 9.17) is 14.9 Å². The minimum Gasteiger partial charge on any atom is -0.386 e. The Morgan fingerprint density at radius 3 is 2.61 bits per heavy atom. The van der Waals surface area contributed by atoms with Crippen molar-refractivity contribution in [3.8, 4) is 0 Å². The van der Waals surface area contributed by atoms with E-state index in [1.165, 1.54) is 6.21 Å². The van der Waals surface area contributed by atoms with E-state index in [9.17, 15) is 9.59 Å². The number of fused-ring (bicyclic) bond motifs is 2. The SMILES string of the molecule is C=C(CCC1CO1)C(=O)OC(=O)C(=Cc1cccc2cc3ccccc3c(C=N)c12)CCC. The van der Waals surface area contributed by atoms with Gasteiger partial charge >= 0.3 is 11.9 Å². The van der Waals surface area contributed by atoms with Crippen LogP contribution in [0.25, 0.3) is 27.6 Å². The summed E-state index contributed by atoms with van der Waals surface area (Å²) in [6, 6.07) is 15.9. The van der Waals surface area contributed by atoms with Crippen LogP contribution >= 0.6 is 0 Å². The zero-order valence-corrected chi connectivity index (χ0v) is 18.7. The second kappa shape index (κ2) is 9.92. The predicted octanol–water partition coefficient (Wildman–Crippen LogP) is 5.98. The zero-order chi connectivity index (χ0) is 23.4. The zero-order valence-electron chi connectivity index (χ0n) is 18.7. The van der Waals surface area contributed by atoms with Crippen LogP contribution in [0.2, 0.25) is 0 Å². The largest absolute Gasteiger partial charge is 0.386 e. The van der Waals surface area contributed by atoms with Crippen LogP contribution in [-0.4, -0.2) is 30.9 Å². The Kier molecular flexibility index (Phi) is 6.80. The molecule has 0 aromatic heterocycles. The van der Waals surface area contributed by atoms with Crippen molar-refractivity contribution in [1.82, 2.24) is 0 Å². The molecule has 0 spiro atoms. The van der Waals surface area contributed by atoms with Crippen LogP contribution < -0.4 is 0 Å². The summed E-state index contributed by atoms with van der Waals surface area (Å²) in [6.45, 7) is 6.44. The minimum absolute atomic E-state index is 0.186. The van der Waals surface area contributed by atoms with Gasteiger partial charge in [0, 0.05) is 22.9 Å². The van der Waals surface area contributed by atoms with Crippen LogP contribution in [-0.2, 0) is 19.1 Å². The normalized spacial score (nSPS) is 15.4. The molecule has 4 rings (SSSR count). The van der Waals surface area contributed by atoms with Crippen molar-refractivity contribution in [3.05, 3.63) is 77.4 Å². The Bertz CT molecular complexity index is 1280. The lowest BCUT2D eigenvalue weighted by Gasteiger charge is -2.12. The van der Waals surface area contributed by atoms with Crippen LogP contribution in [0.5, 0.6) is 0 Å². The molecule has 0 aliphatic carbocycles. The number of carbonyl (C=O) groups is 2. The van der Waals surface area contributed by atoms with Crippen LogP contribution in [0.1, 0.15) is 43.7 Å². The standard InChI is InChI=1S/C28H27NO4/c1-3-7-22(28(31)33-27(30)18(2)12-13-23-17-32-23)15-21-10-6-9-20-14-19-8-4-5-11-24(19)25(16-29)26(20)21/h4-6,8-11,14-16,23,29H,2-3,7,12-13,17H2,1H3. The maximum Gasteiger partial charge on any atom is 0.341 e. The van der Waals surface area contributed by atoms with Crippen molar-refractivity contribution in [1.29, 1.82) is 5.41 Å². The summed E-state index contributed by atoms with van der Waals surface area (Å²) in [5, 5.41) is 12.0. The fraction of sp³-hybridized carbons (Fsp3) is 0.250. The van der Waals surface area contributed by atoms with Gasteiger partial charge in [-0.05, 0) is 58.5 Å². The maximum atomic E-state index is 12.9. The summed E-state index contributed by atoms with van der Waals surface area (Å²) in [5.41, 5.74) is 2.30. The molecule has 1 heterocycles. The van der Waals surface area contributed by atoms with Crippen LogP contribution in [0.15, 0.2) is 66.3 Å². The Morgan fingerprint density at radius 1 is 1.12 bits per heavy atom. The first-order valence-corrected chi connectivity index (χ1v) is 11.2. The fourth-order valence-corrected chi connectivity index (χ4v) is 4.04. The van der Waals surface area contributed by atoms with Gasteiger partial charge < -0.3 is 14.9 Å². The van der Waals surface area contributed by atoms with E-state index in [0.29, 0.717) is 31.4 Å². The molecule has 1 aliphatic rings. The molecule has 1 atom stereocenters. The number of hydrogen-bond acceptors (Lipinski definition) is 5. The van der Waals surface area contributed by atoms with Crippen LogP contribution in [0.3, 0.4) is 0 Å². The number of benzene rings is 3. The number of nitrogens with one attached hydrogen (secondary N) is 1. The fourth-order valence-electron chi connectivity index (χ4n) is 4.04. The highest BCUT2D eigenvalue weighted by Crippen LogP contribution is 2.31. The van der Waals surface area contributed by atoms with E-state index in [-0.39, 0.29) is 11.7 Å². The summed E-state index contributed by atoms with van der Waals surface area (Å²) in [7, 11) is 0. The van der Waals surface area contributed by atoms with E-state index in [0.717, 1.165) is 39.1 Å². The smallest absolute Gasteiger partial charge is 0.341 e. The van der Waals surface area contributed by atoms with Crippen molar-refractivity contribution in [2.75, 3.05) is 6.61 Å². The quantitative estimate of drug-likeness (QED) is 0.111. The van der Waals surface area contributed by atoms with Crippen LogP contribution in [0, 0.1) is 5.41 Å². The Morgan fingerprint density at radius 2 is 1.88 bits per heavy atom. The number of epoxide rings is 1. The molecule has 3 aromatic carbocycles. The summed E-state index contributed by atoms with van der Waals surface area (Å²) >= 11 is 0.